The molecule has 0 aliphatic carbocycles. The van der Waals surface area contributed by atoms with Crippen LogP contribution in [-0.4, -0.2) is 57.7 Å². The Morgan fingerprint density at radius 1 is 1.32 bits per heavy atom. The van der Waals surface area contributed by atoms with Gasteiger partial charge in [0.05, 0.1) is 11.6 Å². The van der Waals surface area contributed by atoms with Crippen molar-refractivity contribution >= 4 is 5.91 Å². The van der Waals surface area contributed by atoms with Gasteiger partial charge in [0, 0.05) is 51.6 Å². The van der Waals surface area contributed by atoms with Crippen LogP contribution in [0.25, 0.3) is 11.4 Å². The molecule has 9 heteroatoms. The smallest absolute Gasteiger partial charge is 0.226 e. The summed E-state index contributed by atoms with van der Waals surface area (Å²) in [6.45, 7) is 2.45. The van der Waals surface area contributed by atoms with Crippen LogP contribution in [-0.2, 0) is 27.2 Å². The van der Waals surface area contributed by atoms with Gasteiger partial charge in [0.1, 0.15) is 11.9 Å². The molecule has 3 heterocycles. The highest BCUT2D eigenvalue weighted by Crippen LogP contribution is 2.34. The van der Waals surface area contributed by atoms with E-state index in [2.05, 4.69) is 25.6 Å². The first kappa shape index (κ1) is 21.2. The molecule has 1 aliphatic heterocycles. The highest BCUT2D eigenvalue weighted by atomic mass is 16.5. The number of amides is 1. The first-order valence-electron chi connectivity index (χ1n) is 10.6. The van der Waals surface area contributed by atoms with Gasteiger partial charge in [-0.25, -0.2) is 4.98 Å². The van der Waals surface area contributed by atoms with Gasteiger partial charge in [-0.3, -0.25) is 14.6 Å². The molecule has 164 valence electrons. The number of H-pyrrole nitrogens is 1. The highest BCUT2D eigenvalue weighted by molar-refractivity contribution is 5.79. The van der Waals surface area contributed by atoms with Crippen LogP contribution in [0.4, 0.5) is 0 Å². The van der Waals surface area contributed by atoms with Crippen LogP contribution in [0.3, 0.4) is 0 Å². The molecule has 3 aromatic rings. The first-order chi connectivity index (χ1) is 15.3. The average Bonchev–Trinajstić information content (AvgIpc) is 3.55. The normalized spacial score (nSPS) is 18.4. The van der Waals surface area contributed by atoms with E-state index in [0.29, 0.717) is 38.4 Å². The Labute approximate surface area is 181 Å². The third-order valence-electron chi connectivity index (χ3n) is 5.41. The Bertz CT molecular complexity index is 971. The van der Waals surface area contributed by atoms with Crippen LogP contribution in [0.5, 0.6) is 0 Å². The number of carbonyl (C=O) groups excluding carboxylic acids is 1. The second kappa shape index (κ2) is 10.3. The molecule has 1 fully saturated rings. The van der Waals surface area contributed by atoms with Crippen molar-refractivity contribution in [2.24, 2.45) is 5.92 Å². The number of benzene rings is 1. The summed E-state index contributed by atoms with van der Waals surface area (Å²) < 4.78 is 12.9. The van der Waals surface area contributed by atoms with Crippen molar-refractivity contribution < 1.29 is 14.3 Å². The maximum atomic E-state index is 12.9. The number of nitrogens with zero attached hydrogens (tertiary/aromatic N) is 4. The topological polar surface area (TPSA) is 107 Å². The van der Waals surface area contributed by atoms with Crippen LogP contribution in [0.1, 0.15) is 30.5 Å². The Balaban J connectivity index is 1.31. The average molecular weight is 425 g/mol. The molecular formula is C22H28N6O3. The Kier molecular flexibility index (Phi) is 7.06. The number of aryl methyl sites for hydroxylation is 1. The first-order valence-corrected chi connectivity index (χ1v) is 10.6. The molecule has 0 bridgehead atoms. The van der Waals surface area contributed by atoms with Crippen molar-refractivity contribution in [1.82, 2.24) is 30.3 Å². The van der Waals surface area contributed by atoms with E-state index in [1.165, 1.54) is 0 Å². The number of hydrogen-bond acceptors (Lipinski definition) is 6. The summed E-state index contributed by atoms with van der Waals surface area (Å²) in [6.07, 6.45) is 3.61. The van der Waals surface area contributed by atoms with E-state index in [9.17, 15) is 4.79 Å². The summed E-state index contributed by atoms with van der Waals surface area (Å²) in [6, 6.07) is 11.7. The number of ether oxygens (including phenoxy) is 2. The number of nitrogens with one attached hydrogen (secondary N) is 2. The van der Waals surface area contributed by atoms with Crippen LogP contribution >= 0.6 is 0 Å². The highest BCUT2D eigenvalue weighted by Gasteiger charge is 2.36. The molecule has 4 rings (SSSR count). The van der Waals surface area contributed by atoms with E-state index in [4.69, 9.17) is 9.47 Å². The van der Waals surface area contributed by atoms with Crippen molar-refractivity contribution in [2.75, 3.05) is 26.9 Å². The van der Waals surface area contributed by atoms with Gasteiger partial charge in [-0.1, -0.05) is 30.3 Å². The predicted octanol–water partition coefficient (Wildman–Crippen LogP) is 2.14. The molecular weight excluding hydrogens is 396 g/mol. The molecule has 1 amide bonds. The number of methoxy groups -OCH3 is 1. The predicted molar refractivity (Wildman–Crippen MR) is 114 cm³/mol. The zero-order valence-corrected chi connectivity index (χ0v) is 17.7. The van der Waals surface area contributed by atoms with Crippen molar-refractivity contribution in [3.05, 3.63) is 54.1 Å². The molecule has 2 N–H and O–H groups in total. The summed E-state index contributed by atoms with van der Waals surface area (Å²) in [7, 11) is 1.69. The van der Waals surface area contributed by atoms with Crippen LogP contribution < -0.4 is 5.32 Å². The Morgan fingerprint density at radius 3 is 3.03 bits per heavy atom. The van der Waals surface area contributed by atoms with Gasteiger partial charge in [0.25, 0.3) is 0 Å². The van der Waals surface area contributed by atoms with Gasteiger partial charge in [-0.05, 0) is 18.9 Å². The molecule has 1 saturated heterocycles. The summed E-state index contributed by atoms with van der Waals surface area (Å²) in [5.74, 6) is 1.17. The lowest BCUT2D eigenvalue weighted by atomic mass is 9.98. The Morgan fingerprint density at radius 2 is 2.19 bits per heavy atom. The lowest BCUT2D eigenvalue weighted by Crippen LogP contribution is -2.34. The zero-order valence-electron chi connectivity index (χ0n) is 17.7. The molecule has 9 nitrogen and oxygen atoms in total. The minimum absolute atomic E-state index is 0.00469. The minimum atomic E-state index is -0.278. The van der Waals surface area contributed by atoms with E-state index in [1.54, 1.807) is 13.3 Å². The van der Waals surface area contributed by atoms with Gasteiger partial charge < -0.3 is 14.8 Å². The van der Waals surface area contributed by atoms with Gasteiger partial charge >= 0.3 is 0 Å². The van der Waals surface area contributed by atoms with Crippen molar-refractivity contribution in [3.63, 3.8) is 0 Å². The third-order valence-corrected chi connectivity index (χ3v) is 5.41. The fraction of sp³-hybridized carbons (Fsp3) is 0.455. The van der Waals surface area contributed by atoms with E-state index in [0.717, 1.165) is 30.0 Å². The summed E-state index contributed by atoms with van der Waals surface area (Å²) in [5, 5.41) is 14.6. The van der Waals surface area contributed by atoms with Crippen LogP contribution in [0.2, 0.25) is 0 Å². The lowest BCUT2D eigenvalue weighted by Gasteiger charge is -2.19. The van der Waals surface area contributed by atoms with E-state index >= 15 is 0 Å². The molecule has 0 unspecified atom stereocenters. The Hall–Kier alpha value is -3.04. The quantitative estimate of drug-likeness (QED) is 0.483. The lowest BCUT2D eigenvalue weighted by molar-refractivity contribution is -0.126. The maximum Gasteiger partial charge on any atom is 0.226 e. The van der Waals surface area contributed by atoms with Crippen molar-refractivity contribution in [1.29, 1.82) is 0 Å². The molecule has 2 aromatic heterocycles. The molecule has 1 aromatic carbocycles. The second-order valence-corrected chi connectivity index (χ2v) is 7.52. The number of hydrogen-bond donors (Lipinski definition) is 2. The zero-order chi connectivity index (χ0) is 21.5. The summed E-state index contributed by atoms with van der Waals surface area (Å²) in [4.78, 5) is 17.4. The van der Waals surface area contributed by atoms with Gasteiger partial charge in [-0.15, -0.1) is 0 Å². The van der Waals surface area contributed by atoms with Gasteiger partial charge in [-0.2, -0.15) is 10.2 Å². The largest absolute Gasteiger partial charge is 0.385 e. The van der Waals surface area contributed by atoms with E-state index in [-0.39, 0.29) is 17.9 Å². The SMILES string of the molecule is COCCCn1nccc1[C@H]1OCC[C@@H]1C(=O)NCCc1nc(-c2ccccc2)n[nH]1. The van der Waals surface area contributed by atoms with Gasteiger partial charge in [0.2, 0.25) is 5.91 Å². The molecule has 31 heavy (non-hydrogen) atoms. The number of aromatic nitrogens is 5. The number of aromatic amines is 1. The molecule has 2 atom stereocenters. The van der Waals surface area contributed by atoms with Crippen molar-refractivity contribution in [2.45, 2.75) is 31.9 Å². The maximum absolute atomic E-state index is 12.9. The second-order valence-electron chi connectivity index (χ2n) is 7.52. The summed E-state index contributed by atoms with van der Waals surface area (Å²) >= 11 is 0. The molecule has 0 saturated carbocycles. The number of rotatable bonds is 10. The molecule has 0 radical (unpaired) electrons. The van der Waals surface area contributed by atoms with Gasteiger partial charge in [0.15, 0.2) is 5.82 Å². The van der Waals surface area contributed by atoms with Crippen LogP contribution in [0.15, 0.2) is 42.6 Å². The van der Waals surface area contributed by atoms with Crippen LogP contribution in [0, 0.1) is 5.92 Å². The fourth-order valence-corrected chi connectivity index (χ4v) is 3.84. The molecule has 0 spiro atoms. The van der Waals surface area contributed by atoms with Crippen molar-refractivity contribution in [3.8, 4) is 11.4 Å². The minimum Gasteiger partial charge on any atom is -0.385 e. The number of carbonyl (C=O) groups is 1. The standard InChI is InChI=1S/C22H28N6O3/c1-30-14-5-13-28-18(8-12-24-28)20-17(10-15-31-20)22(29)23-11-9-19-25-21(27-26-19)16-6-3-2-4-7-16/h2-4,6-8,12,17,20H,5,9-11,13-15H2,1H3,(H,23,29)(H,25,26,27)/t17-,20-/m0/s1. The summed E-state index contributed by atoms with van der Waals surface area (Å²) in [5.41, 5.74) is 1.90. The molecule has 1 aliphatic rings. The monoisotopic (exact) mass is 424 g/mol. The van der Waals surface area contributed by atoms with E-state index in [1.807, 2.05) is 41.1 Å². The van der Waals surface area contributed by atoms with E-state index < -0.39 is 0 Å². The fourth-order valence-electron chi connectivity index (χ4n) is 3.84. The third kappa shape index (κ3) is 5.18.